The van der Waals surface area contributed by atoms with Crippen LogP contribution in [0.5, 0.6) is 0 Å². The standard InChI is InChI=1S/C20H17ClN2O5/c1-11-15-10-14(21)8-9-16(15)28-17(11)20(26)27-12(2)18(24)22-23-19(25)13-6-4-3-5-7-13/h3-10,12H,1-2H3,(H,22,24)(H,23,25)/t12-/m1/s1. The van der Waals surface area contributed by atoms with Crippen LogP contribution in [0.3, 0.4) is 0 Å². The number of hydrogen-bond donors (Lipinski definition) is 2. The molecule has 2 amide bonds. The summed E-state index contributed by atoms with van der Waals surface area (Å²) in [5.74, 6) is -1.97. The third-order valence-electron chi connectivity index (χ3n) is 4.07. The smallest absolute Gasteiger partial charge is 0.375 e. The Morgan fingerprint density at radius 3 is 2.50 bits per heavy atom. The van der Waals surface area contributed by atoms with Crippen molar-refractivity contribution in [3.05, 3.63) is 70.4 Å². The minimum absolute atomic E-state index is 0.00904. The van der Waals surface area contributed by atoms with E-state index in [2.05, 4.69) is 10.9 Å². The highest BCUT2D eigenvalue weighted by Gasteiger charge is 2.24. The predicted molar refractivity (Wildman–Crippen MR) is 103 cm³/mol. The fourth-order valence-electron chi connectivity index (χ4n) is 2.54. The van der Waals surface area contributed by atoms with Gasteiger partial charge in [0.2, 0.25) is 5.76 Å². The molecule has 8 heteroatoms. The number of rotatable bonds is 4. The Bertz CT molecular complexity index is 1050. The van der Waals surface area contributed by atoms with Crippen LogP contribution >= 0.6 is 11.6 Å². The van der Waals surface area contributed by atoms with Gasteiger partial charge in [0.05, 0.1) is 0 Å². The number of esters is 1. The monoisotopic (exact) mass is 400 g/mol. The van der Waals surface area contributed by atoms with Gasteiger partial charge >= 0.3 is 5.97 Å². The van der Waals surface area contributed by atoms with Crippen LogP contribution in [0, 0.1) is 6.92 Å². The number of nitrogens with one attached hydrogen (secondary N) is 2. The number of aryl methyl sites for hydroxylation is 1. The molecule has 1 atom stereocenters. The molecule has 1 heterocycles. The van der Waals surface area contributed by atoms with E-state index < -0.39 is 23.9 Å². The number of fused-ring (bicyclic) bond motifs is 1. The highest BCUT2D eigenvalue weighted by Crippen LogP contribution is 2.28. The van der Waals surface area contributed by atoms with E-state index in [4.69, 9.17) is 20.8 Å². The maximum atomic E-state index is 12.4. The zero-order valence-electron chi connectivity index (χ0n) is 15.1. The van der Waals surface area contributed by atoms with Gasteiger partial charge in [-0.3, -0.25) is 20.4 Å². The van der Waals surface area contributed by atoms with Gasteiger partial charge in [-0.25, -0.2) is 4.79 Å². The van der Waals surface area contributed by atoms with Crippen molar-refractivity contribution >= 4 is 40.4 Å². The van der Waals surface area contributed by atoms with Gasteiger partial charge in [0.25, 0.3) is 11.8 Å². The van der Waals surface area contributed by atoms with Crippen LogP contribution in [0.4, 0.5) is 0 Å². The summed E-state index contributed by atoms with van der Waals surface area (Å²) < 4.78 is 10.7. The minimum Gasteiger partial charge on any atom is -0.449 e. The molecule has 0 aliphatic heterocycles. The maximum absolute atomic E-state index is 12.4. The van der Waals surface area contributed by atoms with Gasteiger partial charge in [0, 0.05) is 21.5 Å². The Kier molecular flexibility index (Phi) is 5.65. The highest BCUT2D eigenvalue weighted by atomic mass is 35.5. The molecule has 144 valence electrons. The van der Waals surface area contributed by atoms with Crippen molar-refractivity contribution < 1.29 is 23.5 Å². The maximum Gasteiger partial charge on any atom is 0.375 e. The SMILES string of the molecule is Cc1c(C(=O)O[C@H](C)C(=O)NNC(=O)c2ccccc2)oc2ccc(Cl)cc12. The average molecular weight is 401 g/mol. The van der Waals surface area contributed by atoms with Gasteiger partial charge in [0.1, 0.15) is 5.58 Å². The van der Waals surface area contributed by atoms with Crippen molar-refractivity contribution in [3.8, 4) is 0 Å². The molecule has 0 saturated heterocycles. The topological polar surface area (TPSA) is 97.6 Å². The summed E-state index contributed by atoms with van der Waals surface area (Å²) in [5.41, 5.74) is 5.91. The molecule has 0 aliphatic rings. The number of furan rings is 1. The van der Waals surface area contributed by atoms with Crippen LogP contribution in [0.25, 0.3) is 11.0 Å². The normalized spacial score (nSPS) is 11.7. The van der Waals surface area contributed by atoms with E-state index in [-0.39, 0.29) is 5.76 Å². The summed E-state index contributed by atoms with van der Waals surface area (Å²) in [6.45, 7) is 3.08. The molecule has 0 aliphatic carbocycles. The first kappa shape index (κ1) is 19.4. The van der Waals surface area contributed by atoms with Gasteiger partial charge < -0.3 is 9.15 Å². The largest absolute Gasteiger partial charge is 0.449 e. The van der Waals surface area contributed by atoms with E-state index in [1.165, 1.54) is 6.92 Å². The molecular weight excluding hydrogens is 384 g/mol. The third-order valence-corrected chi connectivity index (χ3v) is 4.31. The van der Waals surface area contributed by atoms with E-state index in [1.54, 1.807) is 55.5 Å². The molecular formula is C20H17ClN2O5. The number of hydrazine groups is 1. The molecule has 0 radical (unpaired) electrons. The quantitative estimate of drug-likeness (QED) is 0.516. The van der Waals surface area contributed by atoms with E-state index in [0.29, 0.717) is 27.1 Å². The van der Waals surface area contributed by atoms with Crippen LogP contribution in [-0.4, -0.2) is 23.9 Å². The molecule has 2 aromatic carbocycles. The van der Waals surface area contributed by atoms with E-state index in [1.807, 2.05) is 0 Å². The Hall–Kier alpha value is -3.32. The van der Waals surface area contributed by atoms with Crippen molar-refractivity contribution in [2.75, 3.05) is 0 Å². The Morgan fingerprint density at radius 1 is 1.07 bits per heavy atom. The summed E-state index contributed by atoms with van der Waals surface area (Å²) in [7, 11) is 0. The second-order valence-corrected chi connectivity index (χ2v) is 6.49. The molecule has 0 spiro atoms. The van der Waals surface area contributed by atoms with Gasteiger partial charge in [-0.15, -0.1) is 0 Å². The van der Waals surface area contributed by atoms with Crippen molar-refractivity contribution in [2.45, 2.75) is 20.0 Å². The summed E-state index contributed by atoms with van der Waals surface area (Å²) in [6.07, 6.45) is -1.15. The van der Waals surface area contributed by atoms with Crippen LogP contribution in [0.2, 0.25) is 5.02 Å². The number of hydrogen-bond acceptors (Lipinski definition) is 5. The average Bonchev–Trinajstić information content (AvgIpc) is 3.02. The molecule has 2 N–H and O–H groups in total. The number of carbonyl (C=O) groups is 3. The molecule has 0 fully saturated rings. The first-order valence-electron chi connectivity index (χ1n) is 8.41. The first-order valence-corrected chi connectivity index (χ1v) is 8.79. The highest BCUT2D eigenvalue weighted by molar-refractivity contribution is 6.31. The van der Waals surface area contributed by atoms with Crippen molar-refractivity contribution in [3.63, 3.8) is 0 Å². The number of carbonyl (C=O) groups excluding carboxylic acids is 3. The van der Waals surface area contributed by atoms with Crippen LogP contribution < -0.4 is 10.9 Å². The van der Waals surface area contributed by atoms with Crippen molar-refractivity contribution in [2.24, 2.45) is 0 Å². The molecule has 3 rings (SSSR count). The predicted octanol–water partition coefficient (Wildman–Crippen LogP) is 3.40. The molecule has 3 aromatic rings. The Labute approximate surface area is 165 Å². The number of ether oxygens (including phenoxy) is 1. The zero-order chi connectivity index (χ0) is 20.3. The minimum atomic E-state index is -1.15. The number of halogens is 1. The molecule has 0 saturated carbocycles. The second-order valence-electron chi connectivity index (χ2n) is 6.05. The Balaban J connectivity index is 1.61. The summed E-state index contributed by atoms with van der Waals surface area (Å²) in [6, 6.07) is 13.3. The second kappa shape index (κ2) is 8.14. The van der Waals surface area contributed by atoms with Crippen molar-refractivity contribution in [1.82, 2.24) is 10.9 Å². The van der Waals surface area contributed by atoms with Crippen LogP contribution in [0.1, 0.15) is 33.4 Å². The van der Waals surface area contributed by atoms with E-state index >= 15 is 0 Å². The van der Waals surface area contributed by atoms with Gasteiger partial charge in [-0.2, -0.15) is 0 Å². The lowest BCUT2D eigenvalue weighted by Gasteiger charge is -2.13. The molecule has 0 unspecified atom stereocenters. The lowest BCUT2D eigenvalue weighted by atomic mass is 10.1. The first-order chi connectivity index (χ1) is 13.4. The molecule has 28 heavy (non-hydrogen) atoms. The summed E-state index contributed by atoms with van der Waals surface area (Å²) in [5, 5.41) is 1.20. The number of amides is 2. The lowest BCUT2D eigenvalue weighted by Crippen LogP contribution is -2.46. The van der Waals surface area contributed by atoms with Crippen molar-refractivity contribution in [1.29, 1.82) is 0 Å². The van der Waals surface area contributed by atoms with E-state index in [0.717, 1.165) is 0 Å². The van der Waals surface area contributed by atoms with Crippen LogP contribution in [0.15, 0.2) is 52.9 Å². The summed E-state index contributed by atoms with van der Waals surface area (Å²) >= 11 is 5.96. The fourth-order valence-corrected chi connectivity index (χ4v) is 2.71. The molecule has 0 bridgehead atoms. The van der Waals surface area contributed by atoms with E-state index in [9.17, 15) is 14.4 Å². The van der Waals surface area contributed by atoms with Gasteiger partial charge in [0.15, 0.2) is 6.10 Å². The van der Waals surface area contributed by atoms with Gasteiger partial charge in [-0.1, -0.05) is 29.8 Å². The summed E-state index contributed by atoms with van der Waals surface area (Å²) in [4.78, 5) is 36.4. The van der Waals surface area contributed by atoms with Crippen LogP contribution in [-0.2, 0) is 9.53 Å². The zero-order valence-corrected chi connectivity index (χ0v) is 15.9. The molecule has 7 nitrogen and oxygen atoms in total. The number of benzene rings is 2. The Morgan fingerprint density at radius 2 is 1.79 bits per heavy atom. The fraction of sp³-hybridized carbons (Fsp3) is 0.150. The lowest BCUT2D eigenvalue weighted by molar-refractivity contribution is -0.129. The van der Waals surface area contributed by atoms with Gasteiger partial charge in [-0.05, 0) is 44.2 Å². The third kappa shape index (κ3) is 4.15. The molecule has 1 aromatic heterocycles.